The Labute approximate surface area is 119 Å². The minimum Gasteiger partial charge on any atom is -0.455 e. The van der Waals surface area contributed by atoms with E-state index < -0.39 is 11.7 Å². The summed E-state index contributed by atoms with van der Waals surface area (Å²) in [5.74, 6) is -0.429. The number of carbonyl (C=O) groups excluding carboxylic acids is 1. The van der Waals surface area contributed by atoms with Gasteiger partial charge in [-0.3, -0.25) is 4.79 Å². The van der Waals surface area contributed by atoms with Crippen LogP contribution in [0.15, 0.2) is 64.1 Å². The minimum absolute atomic E-state index is 0.205. The van der Waals surface area contributed by atoms with Crippen LogP contribution in [-0.2, 0) is 0 Å². The Morgan fingerprint density at radius 3 is 2.81 bits per heavy atom. The molecule has 0 saturated heterocycles. The number of carbonyl (C=O) groups is 1. The SMILES string of the molecule is O=C(N/N=C/c1cc2ccccc2o1)c1cccc(F)c1. The van der Waals surface area contributed by atoms with Gasteiger partial charge < -0.3 is 4.42 Å². The molecule has 3 rings (SSSR count). The van der Waals surface area contributed by atoms with E-state index in [-0.39, 0.29) is 5.56 Å². The third-order valence-corrected chi connectivity index (χ3v) is 2.89. The molecule has 0 unspecified atom stereocenters. The highest BCUT2D eigenvalue weighted by atomic mass is 19.1. The Morgan fingerprint density at radius 1 is 1.14 bits per heavy atom. The van der Waals surface area contributed by atoms with Gasteiger partial charge in [0, 0.05) is 10.9 Å². The second-order valence-corrected chi connectivity index (χ2v) is 4.40. The maximum atomic E-state index is 13.0. The zero-order valence-electron chi connectivity index (χ0n) is 10.9. The zero-order chi connectivity index (χ0) is 14.7. The monoisotopic (exact) mass is 282 g/mol. The first-order valence-corrected chi connectivity index (χ1v) is 6.30. The summed E-state index contributed by atoms with van der Waals surface area (Å²) in [6.07, 6.45) is 1.40. The Morgan fingerprint density at radius 2 is 2.00 bits per heavy atom. The number of halogens is 1. The molecular formula is C16H11FN2O2. The summed E-state index contributed by atoms with van der Waals surface area (Å²) in [5, 5.41) is 4.76. The molecule has 4 nitrogen and oxygen atoms in total. The summed E-state index contributed by atoms with van der Waals surface area (Å²) in [6.45, 7) is 0. The first kappa shape index (κ1) is 13.1. The number of benzene rings is 2. The van der Waals surface area contributed by atoms with Crippen LogP contribution in [0.4, 0.5) is 4.39 Å². The minimum atomic E-state index is -0.484. The Balaban J connectivity index is 1.70. The van der Waals surface area contributed by atoms with Crippen LogP contribution in [0.5, 0.6) is 0 Å². The highest BCUT2D eigenvalue weighted by Gasteiger charge is 2.05. The normalized spacial score (nSPS) is 11.1. The number of rotatable bonds is 3. The average molecular weight is 282 g/mol. The predicted molar refractivity (Wildman–Crippen MR) is 77.7 cm³/mol. The lowest BCUT2D eigenvalue weighted by molar-refractivity contribution is 0.0954. The lowest BCUT2D eigenvalue weighted by atomic mass is 10.2. The number of hydrazone groups is 1. The summed E-state index contributed by atoms with van der Waals surface area (Å²) in [4.78, 5) is 11.7. The molecule has 0 spiro atoms. The van der Waals surface area contributed by atoms with Crippen molar-refractivity contribution in [2.45, 2.75) is 0 Å². The molecule has 0 fully saturated rings. The van der Waals surface area contributed by atoms with Crippen LogP contribution in [0, 0.1) is 5.82 Å². The van der Waals surface area contributed by atoms with Crippen molar-refractivity contribution in [3.63, 3.8) is 0 Å². The standard InChI is InChI=1S/C16H11FN2O2/c17-13-6-3-5-12(8-13)16(20)19-18-10-14-9-11-4-1-2-7-15(11)21-14/h1-10H,(H,19,20)/b18-10+. The van der Waals surface area contributed by atoms with Gasteiger partial charge in [-0.2, -0.15) is 5.10 Å². The lowest BCUT2D eigenvalue weighted by Gasteiger charge is -1.98. The second kappa shape index (κ2) is 5.58. The van der Waals surface area contributed by atoms with Crippen LogP contribution < -0.4 is 5.43 Å². The maximum absolute atomic E-state index is 13.0. The van der Waals surface area contributed by atoms with E-state index >= 15 is 0 Å². The lowest BCUT2D eigenvalue weighted by Crippen LogP contribution is -2.17. The molecule has 0 aliphatic carbocycles. The summed E-state index contributed by atoms with van der Waals surface area (Å²) in [7, 11) is 0. The summed E-state index contributed by atoms with van der Waals surface area (Å²) < 4.78 is 18.5. The fraction of sp³-hybridized carbons (Fsp3) is 0. The Kier molecular flexibility index (Phi) is 3.47. The molecule has 1 amide bonds. The molecule has 1 aromatic heterocycles. The molecule has 3 aromatic rings. The van der Waals surface area contributed by atoms with Crippen LogP contribution in [0.1, 0.15) is 16.1 Å². The average Bonchev–Trinajstić information content (AvgIpc) is 2.89. The van der Waals surface area contributed by atoms with Crippen molar-refractivity contribution in [3.05, 3.63) is 71.7 Å². The third kappa shape index (κ3) is 2.97. The van der Waals surface area contributed by atoms with Gasteiger partial charge in [0.1, 0.15) is 17.2 Å². The van der Waals surface area contributed by atoms with Gasteiger partial charge in [-0.05, 0) is 30.3 Å². The third-order valence-electron chi connectivity index (χ3n) is 2.89. The van der Waals surface area contributed by atoms with Crippen LogP contribution in [0.25, 0.3) is 11.0 Å². The van der Waals surface area contributed by atoms with Gasteiger partial charge in [0.05, 0.1) is 6.21 Å². The molecule has 5 heteroatoms. The summed E-state index contributed by atoms with van der Waals surface area (Å²) in [5.41, 5.74) is 3.27. The number of nitrogens with zero attached hydrogens (tertiary/aromatic N) is 1. The number of hydrogen-bond acceptors (Lipinski definition) is 3. The molecule has 21 heavy (non-hydrogen) atoms. The molecule has 1 N–H and O–H groups in total. The van der Waals surface area contributed by atoms with E-state index in [0.717, 1.165) is 17.0 Å². The fourth-order valence-corrected chi connectivity index (χ4v) is 1.91. The van der Waals surface area contributed by atoms with Gasteiger partial charge in [-0.1, -0.05) is 24.3 Å². The van der Waals surface area contributed by atoms with Crippen molar-refractivity contribution in [1.29, 1.82) is 0 Å². The van der Waals surface area contributed by atoms with E-state index in [9.17, 15) is 9.18 Å². The molecule has 0 radical (unpaired) electrons. The zero-order valence-corrected chi connectivity index (χ0v) is 10.9. The van der Waals surface area contributed by atoms with Crippen molar-refractivity contribution < 1.29 is 13.6 Å². The van der Waals surface area contributed by atoms with Gasteiger partial charge in [-0.15, -0.1) is 0 Å². The van der Waals surface area contributed by atoms with Crippen molar-refractivity contribution in [1.82, 2.24) is 5.43 Å². The van der Waals surface area contributed by atoms with Crippen molar-refractivity contribution >= 4 is 23.1 Å². The quantitative estimate of drug-likeness (QED) is 0.591. The van der Waals surface area contributed by atoms with Crippen LogP contribution >= 0.6 is 0 Å². The highest BCUT2D eigenvalue weighted by Crippen LogP contribution is 2.17. The van der Waals surface area contributed by atoms with E-state index in [1.807, 2.05) is 30.3 Å². The van der Waals surface area contributed by atoms with Crippen molar-refractivity contribution in [2.75, 3.05) is 0 Å². The number of hydrogen-bond donors (Lipinski definition) is 1. The van der Waals surface area contributed by atoms with E-state index in [4.69, 9.17) is 4.42 Å². The van der Waals surface area contributed by atoms with E-state index in [0.29, 0.717) is 5.76 Å². The first-order chi connectivity index (χ1) is 10.2. The Bertz CT molecular complexity index is 791. The molecule has 0 bridgehead atoms. The van der Waals surface area contributed by atoms with E-state index in [1.54, 1.807) is 0 Å². The van der Waals surface area contributed by atoms with Gasteiger partial charge in [0.15, 0.2) is 0 Å². The molecular weight excluding hydrogens is 271 g/mol. The summed E-state index contributed by atoms with van der Waals surface area (Å²) in [6, 6.07) is 14.7. The molecule has 0 aliphatic heterocycles. The van der Waals surface area contributed by atoms with Gasteiger partial charge >= 0.3 is 0 Å². The van der Waals surface area contributed by atoms with Gasteiger partial charge in [0.25, 0.3) is 5.91 Å². The van der Waals surface area contributed by atoms with Crippen molar-refractivity contribution in [2.24, 2.45) is 5.10 Å². The maximum Gasteiger partial charge on any atom is 0.271 e. The molecule has 2 aromatic carbocycles. The number of para-hydroxylation sites is 1. The Hall–Kier alpha value is -2.95. The molecule has 0 saturated carbocycles. The molecule has 0 aliphatic rings. The molecule has 104 valence electrons. The second-order valence-electron chi connectivity index (χ2n) is 4.40. The predicted octanol–water partition coefficient (Wildman–Crippen LogP) is 3.34. The van der Waals surface area contributed by atoms with E-state index in [1.165, 1.54) is 24.4 Å². The molecule has 0 atom stereocenters. The first-order valence-electron chi connectivity index (χ1n) is 6.30. The van der Waals surface area contributed by atoms with E-state index in [2.05, 4.69) is 10.5 Å². The number of furan rings is 1. The van der Waals surface area contributed by atoms with Crippen molar-refractivity contribution in [3.8, 4) is 0 Å². The number of amides is 1. The summed E-state index contributed by atoms with van der Waals surface area (Å²) >= 11 is 0. The number of fused-ring (bicyclic) bond motifs is 1. The molecule has 1 heterocycles. The van der Waals surface area contributed by atoms with Crippen LogP contribution in [0.2, 0.25) is 0 Å². The fourth-order valence-electron chi connectivity index (χ4n) is 1.91. The van der Waals surface area contributed by atoms with Gasteiger partial charge in [0.2, 0.25) is 0 Å². The topological polar surface area (TPSA) is 54.6 Å². The largest absolute Gasteiger partial charge is 0.455 e. The highest BCUT2D eigenvalue weighted by molar-refractivity contribution is 5.95. The number of nitrogens with one attached hydrogen (secondary N) is 1. The van der Waals surface area contributed by atoms with Crippen LogP contribution in [0.3, 0.4) is 0 Å². The smallest absolute Gasteiger partial charge is 0.271 e. The van der Waals surface area contributed by atoms with Gasteiger partial charge in [-0.25, -0.2) is 9.82 Å². The van der Waals surface area contributed by atoms with Crippen LogP contribution in [-0.4, -0.2) is 12.1 Å².